The second kappa shape index (κ2) is 6.63. The van der Waals surface area contributed by atoms with Crippen LogP contribution in [0.5, 0.6) is 0 Å². The van der Waals surface area contributed by atoms with Crippen LogP contribution in [0.4, 0.5) is 0 Å². The molecule has 19 heavy (non-hydrogen) atoms. The second-order valence-electron chi connectivity index (χ2n) is 4.57. The highest BCUT2D eigenvalue weighted by Crippen LogP contribution is 2.27. The molecule has 0 atom stereocenters. The monoisotopic (exact) mass is 268 g/mol. The van der Waals surface area contributed by atoms with Crippen molar-refractivity contribution in [3.05, 3.63) is 11.4 Å². The molecule has 0 bridgehead atoms. The Balaban J connectivity index is 2.19. The fourth-order valence-electron chi connectivity index (χ4n) is 2.43. The van der Waals surface area contributed by atoms with Crippen LogP contribution in [0.25, 0.3) is 0 Å². The number of ether oxygens (including phenoxy) is 1. The van der Waals surface area contributed by atoms with Gasteiger partial charge in [-0.2, -0.15) is 0 Å². The smallest absolute Gasteiger partial charge is 0.358 e. The van der Waals surface area contributed by atoms with E-state index in [1.165, 1.54) is 0 Å². The van der Waals surface area contributed by atoms with E-state index in [1.54, 1.807) is 4.68 Å². The Hall–Kier alpha value is -1.47. The number of carboxylic acid groups (broad SMARTS) is 1. The number of rotatable bonds is 6. The fraction of sp³-hybridized carbons (Fsp3) is 0.750. The van der Waals surface area contributed by atoms with Crippen molar-refractivity contribution in [2.75, 3.05) is 26.3 Å². The van der Waals surface area contributed by atoms with Crippen LogP contribution in [0.2, 0.25) is 0 Å². The zero-order valence-corrected chi connectivity index (χ0v) is 11.1. The van der Waals surface area contributed by atoms with Crippen molar-refractivity contribution in [1.82, 2.24) is 20.3 Å². The molecule has 2 N–H and O–H groups in total. The molecule has 0 radical (unpaired) electrons. The van der Waals surface area contributed by atoms with E-state index < -0.39 is 5.97 Å². The third-order valence-corrected chi connectivity index (χ3v) is 3.35. The Kier molecular flexibility index (Phi) is 4.86. The van der Waals surface area contributed by atoms with Crippen molar-refractivity contribution < 1.29 is 14.6 Å². The van der Waals surface area contributed by atoms with Gasteiger partial charge in [0.1, 0.15) is 0 Å². The molecule has 0 saturated carbocycles. The lowest BCUT2D eigenvalue weighted by Gasteiger charge is -2.23. The first-order valence-electron chi connectivity index (χ1n) is 6.69. The molecule has 1 aromatic rings. The Morgan fingerprint density at radius 2 is 2.26 bits per heavy atom. The number of carbonyl (C=O) groups is 1. The molecule has 0 amide bonds. The lowest BCUT2D eigenvalue weighted by Crippen LogP contribution is -2.29. The molecular weight excluding hydrogens is 248 g/mol. The van der Waals surface area contributed by atoms with Crippen LogP contribution in [0, 0.1) is 0 Å². The first-order valence-corrected chi connectivity index (χ1v) is 6.69. The maximum absolute atomic E-state index is 11.2. The predicted octanol–water partition coefficient (Wildman–Crippen LogP) is 0.480. The van der Waals surface area contributed by atoms with Crippen LogP contribution in [0.1, 0.15) is 41.9 Å². The van der Waals surface area contributed by atoms with Crippen LogP contribution >= 0.6 is 0 Å². The summed E-state index contributed by atoms with van der Waals surface area (Å²) in [5.74, 6) is -0.792. The molecular formula is C12H20N4O3. The number of hydrogen-bond donors (Lipinski definition) is 2. The van der Waals surface area contributed by atoms with Crippen molar-refractivity contribution in [2.24, 2.45) is 0 Å². The maximum Gasteiger partial charge on any atom is 0.358 e. The van der Waals surface area contributed by atoms with Gasteiger partial charge >= 0.3 is 5.97 Å². The Morgan fingerprint density at radius 1 is 1.53 bits per heavy atom. The molecule has 0 spiro atoms. The highest BCUT2D eigenvalue weighted by Gasteiger charge is 2.27. The highest BCUT2D eigenvalue weighted by atomic mass is 16.5. The van der Waals surface area contributed by atoms with Gasteiger partial charge in [0, 0.05) is 12.5 Å². The van der Waals surface area contributed by atoms with Gasteiger partial charge in [-0.1, -0.05) is 5.21 Å². The normalized spacial score (nSPS) is 16.7. The summed E-state index contributed by atoms with van der Waals surface area (Å²) in [5, 5.41) is 20.3. The van der Waals surface area contributed by atoms with E-state index in [1.807, 2.05) is 6.92 Å². The predicted molar refractivity (Wildman–Crippen MR) is 68.3 cm³/mol. The third kappa shape index (κ3) is 3.30. The number of nitrogens with one attached hydrogen (secondary N) is 1. The lowest BCUT2D eigenvalue weighted by molar-refractivity contribution is 0.0687. The fourth-order valence-corrected chi connectivity index (χ4v) is 2.43. The average Bonchev–Trinajstić information content (AvgIpc) is 2.84. The van der Waals surface area contributed by atoms with E-state index in [4.69, 9.17) is 4.74 Å². The van der Waals surface area contributed by atoms with Gasteiger partial charge in [0.2, 0.25) is 0 Å². The third-order valence-electron chi connectivity index (χ3n) is 3.35. The summed E-state index contributed by atoms with van der Waals surface area (Å²) < 4.78 is 6.99. The van der Waals surface area contributed by atoms with E-state index in [-0.39, 0.29) is 11.6 Å². The summed E-state index contributed by atoms with van der Waals surface area (Å²) in [5.41, 5.74) is 0.831. The SMILES string of the molecule is CCOCCn1nnc(C(=O)O)c1C1CCNCC1. The Morgan fingerprint density at radius 3 is 2.89 bits per heavy atom. The zero-order valence-electron chi connectivity index (χ0n) is 11.1. The van der Waals surface area contributed by atoms with Gasteiger partial charge in [-0.3, -0.25) is 0 Å². The summed E-state index contributed by atoms with van der Waals surface area (Å²) in [7, 11) is 0. The molecule has 1 aromatic heterocycles. The minimum atomic E-state index is -1.00. The first kappa shape index (κ1) is 14.0. The van der Waals surface area contributed by atoms with E-state index in [2.05, 4.69) is 15.6 Å². The van der Waals surface area contributed by atoms with Crippen molar-refractivity contribution >= 4 is 5.97 Å². The molecule has 0 unspecified atom stereocenters. The van der Waals surface area contributed by atoms with Gasteiger partial charge in [-0.15, -0.1) is 5.10 Å². The molecule has 2 rings (SSSR count). The molecule has 1 aliphatic heterocycles. The summed E-state index contributed by atoms with van der Waals surface area (Å²) >= 11 is 0. The van der Waals surface area contributed by atoms with Crippen molar-refractivity contribution in [1.29, 1.82) is 0 Å². The minimum absolute atomic E-state index is 0.0865. The summed E-state index contributed by atoms with van der Waals surface area (Å²) in [6.07, 6.45) is 1.84. The molecule has 1 fully saturated rings. The van der Waals surface area contributed by atoms with Gasteiger partial charge in [0.05, 0.1) is 18.8 Å². The standard InChI is InChI=1S/C12H20N4O3/c1-2-19-8-7-16-11(9-3-5-13-6-4-9)10(12(17)18)14-15-16/h9,13H,2-8H2,1H3,(H,17,18). The first-order chi connectivity index (χ1) is 9.24. The molecule has 1 aliphatic rings. The van der Waals surface area contributed by atoms with Gasteiger partial charge < -0.3 is 15.2 Å². The molecule has 2 heterocycles. The van der Waals surface area contributed by atoms with Crippen LogP contribution in [0.3, 0.4) is 0 Å². The summed E-state index contributed by atoms with van der Waals surface area (Å²) in [6, 6.07) is 0. The Bertz CT molecular complexity index is 427. The van der Waals surface area contributed by atoms with Gasteiger partial charge in [-0.25, -0.2) is 9.48 Å². The van der Waals surface area contributed by atoms with E-state index in [9.17, 15) is 9.90 Å². The van der Waals surface area contributed by atoms with Crippen LogP contribution in [-0.2, 0) is 11.3 Å². The van der Waals surface area contributed by atoms with Crippen LogP contribution in [-0.4, -0.2) is 52.4 Å². The molecule has 0 aliphatic carbocycles. The van der Waals surface area contributed by atoms with Crippen molar-refractivity contribution in [2.45, 2.75) is 32.2 Å². The highest BCUT2D eigenvalue weighted by molar-refractivity contribution is 5.86. The summed E-state index contributed by atoms with van der Waals surface area (Å²) in [4.78, 5) is 11.2. The number of aromatic carboxylic acids is 1. The van der Waals surface area contributed by atoms with Crippen LogP contribution < -0.4 is 5.32 Å². The largest absolute Gasteiger partial charge is 0.476 e. The maximum atomic E-state index is 11.2. The minimum Gasteiger partial charge on any atom is -0.476 e. The Labute approximate surface area is 111 Å². The molecule has 106 valence electrons. The number of carboxylic acids is 1. The molecule has 1 saturated heterocycles. The van der Waals surface area contributed by atoms with E-state index >= 15 is 0 Å². The topological polar surface area (TPSA) is 89.3 Å². The van der Waals surface area contributed by atoms with Crippen molar-refractivity contribution in [3.8, 4) is 0 Å². The molecule has 7 nitrogen and oxygen atoms in total. The van der Waals surface area contributed by atoms with E-state index in [0.717, 1.165) is 31.6 Å². The molecule has 0 aromatic carbocycles. The number of piperidine rings is 1. The number of aromatic nitrogens is 3. The van der Waals surface area contributed by atoms with E-state index in [0.29, 0.717) is 19.8 Å². The summed E-state index contributed by atoms with van der Waals surface area (Å²) in [6.45, 7) is 5.45. The second-order valence-corrected chi connectivity index (χ2v) is 4.57. The average molecular weight is 268 g/mol. The number of hydrogen-bond acceptors (Lipinski definition) is 5. The van der Waals surface area contributed by atoms with Crippen molar-refractivity contribution in [3.63, 3.8) is 0 Å². The quantitative estimate of drug-likeness (QED) is 0.729. The van der Waals surface area contributed by atoms with Gasteiger partial charge in [0.25, 0.3) is 0 Å². The van der Waals surface area contributed by atoms with Gasteiger partial charge in [-0.05, 0) is 32.9 Å². The lowest BCUT2D eigenvalue weighted by atomic mass is 9.93. The molecule has 7 heteroatoms. The van der Waals surface area contributed by atoms with Gasteiger partial charge in [0.15, 0.2) is 5.69 Å². The number of nitrogens with zero attached hydrogens (tertiary/aromatic N) is 3. The zero-order chi connectivity index (χ0) is 13.7. The van der Waals surface area contributed by atoms with Crippen LogP contribution in [0.15, 0.2) is 0 Å².